The summed E-state index contributed by atoms with van der Waals surface area (Å²) < 4.78 is 5.40. The maximum atomic E-state index is 12.0. The van der Waals surface area contributed by atoms with Crippen molar-refractivity contribution >= 4 is 5.91 Å². The first kappa shape index (κ1) is 13.1. The van der Waals surface area contributed by atoms with Crippen LogP contribution < -0.4 is 5.32 Å². The van der Waals surface area contributed by atoms with Crippen LogP contribution in [0.15, 0.2) is 24.3 Å². The summed E-state index contributed by atoms with van der Waals surface area (Å²) in [5.74, 6) is 0.0277. The van der Waals surface area contributed by atoms with Crippen LogP contribution in [0, 0.1) is 6.92 Å². The molecule has 1 aromatic carbocycles. The van der Waals surface area contributed by atoms with Crippen molar-refractivity contribution in [3.05, 3.63) is 35.4 Å². The molecule has 1 heterocycles. The van der Waals surface area contributed by atoms with Gasteiger partial charge in [0.05, 0.1) is 6.04 Å². The quantitative estimate of drug-likeness (QED) is 0.888. The first-order chi connectivity index (χ1) is 8.70. The van der Waals surface area contributed by atoms with Crippen molar-refractivity contribution < 1.29 is 9.53 Å². The average Bonchev–Trinajstić information content (AvgIpc) is 2.91. The zero-order chi connectivity index (χ0) is 13.0. The van der Waals surface area contributed by atoms with E-state index in [0.717, 1.165) is 24.8 Å². The highest BCUT2D eigenvalue weighted by molar-refractivity contribution is 5.81. The highest BCUT2D eigenvalue weighted by Crippen LogP contribution is 2.19. The third-order valence-corrected chi connectivity index (χ3v) is 3.43. The number of carbonyl (C=O) groups is 1. The van der Waals surface area contributed by atoms with E-state index in [1.54, 1.807) is 0 Å². The fraction of sp³-hybridized carbons (Fsp3) is 0.533. The molecule has 2 atom stereocenters. The summed E-state index contributed by atoms with van der Waals surface area (Å²) >= 11 is 0. The number of amides is 1. The second-order valence-electron chi connectivity index (χ2n) is 4.88. The fourth-order valence-corrected chi connectivity index (χ4v) is 2.27. The van der Waals surface area contributed by atoms with Crippen molar-refractivity contribution in [3.8, 4) is 0 Å². The maximum absolute atomic E-state index is 12.0. The summed E-state index contributed by atoms with van der Waals surface area (Å²) in [6.07, 6.45) is 2.47. The molecule has 1 aliphatic rings. The maximum Gasteiger partial charge on any atom is 0.249 e. The Morgan fingerprint density at radius 3 is 2.72 bits per heavy atom. The van der Waals surface area contributed by atoms with Crippen LogP contribution in [-0.4, -0.2) is 18.6 Å². The molecule has 1 saturated heterocycles. The Bertz CT molecular complexity index is 393. The molecule has 1 fully saturated rings. The van der Waals surface area contributed by atoms with Gasteiger partial charge in [0.2, 0.25) is 5.91 Å². The molecule has 1 amide bonds. The molecule has 0 radical (unpaired) electrons. The van der Waals surface area contributed by atoms with E-state index in [4.69, 9.17) is 4.74 Å². The van der Waals surface area contributed by atoms with E-state index < -0.39 is 0 Å². The molecule has 0 unspecified atom stereocenters. The molecule has 18 heavy (non-hydrogen) atoms. The molecule has 0 aliphatic carbocycles. The predicted octanol–water partition coefficient (Wildman–Crippen LogP) is 2.74. The minimum Gasteiger partial charge on any atom is -0.368 e. The Hall–Kier alpha value is -1.35. The zero-order valence-corrected chi connectivity index (χ0v) is 11.1. The predicted molar refractivity (Wildman–Crippen MR) is 71.3 cm³/mol. The lowest BCUT2D eigenvalue weighted by Crippen LogP contribution is -2.36. The Kier molecular flexibility index (Phi) is 4.37. The van der Waals surface area contributed by atoms with E-state index in [9.17, 15) is 4.79 Å². The van der Waals surface area contributed by atoms with E-state index in [1.807, 2.05) is 0 Å². The third-order valence-electron chi connectivity index (χ3n) is 3.43. The second-order valence-corrected chi connectivity index (χ2v) is 4.88. The molecule has 0 aromatic heterocycles. The number of nitrogens with one attached hydrogen (secondary N) is 1. The molecular formula is C15H21NO2. The molecule has 0 spiro atoms. The van der Waals surface area contributed by atoms with E-state index >= 15 is 0 Å². The topological polar surface area (TPSA) is 38.3 Å². The zero-order valence-electron chi connectivity index (χ0n) is 11.1. The monoisotopic (exact) mass is 247 g/mol. The van der Waals surface area contributed by atoms with Crippen LogP contribution >= 0.6 is 0 Å². The number of rotatable bonds is 4. The molecule has 0 bridgehead atoms. The standard InChI is InChI=1S/C15H21NO2/c1-3-13(12-8-6-11(2)7-9-12)16-15(17)14-5-4-10-18-14/h6-9,13-14H,3-5,10H2,1-2H3,(H,16,17)/t13-,14-/m0/s1. The Labute approximate surface area is 109 Å². The summed E-state index contributed by atoms with van der Waals surface area (Å²) in [4.78, 5) is 12.0. The first-order valence-corrected chi connectivity index (χ1v) is 6.69. The van der Waals surface area contributed by atoms with Crippen molar-refractivity contribution in [1.29, 1.82) is 0 Å². The van der Waals surface area contributed by atoms with Gasteiger partial charge in [-0.3, -0.25) is 4.79 Å². The smallest absolute Gasteiger partial charge is 0.249 e. The van der Waals surface area contributed by atoms with Crippen LogP contribution in [0.5, 0.6) is 0 Å². The second kappa shape index (κ2) is 6.01. The molecule has 1 aliphatic heterocycles. The summed E-state index contributed by atoms with van der Waals surface area (Å²) in [6, 6.07) is 8.41. The first-order valence-electron chi connectivity index (χ1n) is 6.69. The summed E-state index contributed by atoms with van der Waals surface area (Å²) in [5, 5.41) is 3.08. The number of benzene rings is 1. The van der Waals surface area contributed by atoms with Crippen molar-refractivity contribution in [3.63, 3.8) is 0 Å². The lowest BCUT2D eigenvalue weighted by Gasteiger charge is -2.19. The van der Waals surface area contributed by atoms with Gasteiger partial charge in [0.15, 0.2) is 0 Å². The van der Waals surface area contributed by atoms with E-state index in [1.165, 1.54) is 5.56 Å². The van der Waals surface area contributed by atoms with Crippen LogP contribution in [0.25, 0.3) is 0 Å². The van der Waals surface area contributed by atoms with Crippen molar-refractivity contribution in [2.24, 2.45) is 0 Å². The van der Waals surface area contributed by atoms with Crippen molar-refractivity contribution in [2.45, 2.75) is 45.3 Å². The van der Waals surface area contributed by atoms with Gasteiger partial charge >= 0.3 is 0 Å². The number of hydrogen-bond donors (Lipinski definition) is 1. The largest absolute Gasteiger partial charge is 0.368 e. The van der Waals surface area contributed by atoms with Gasteiger partial charge in [-0.05, 0) is 31.7 Å². The normalized spacial score (nSPS) is 20.7. The third kappa shape index (κ3) is 3.10. The minimum atomic E-state index is -0.246. The molecule has 3 heteroatoms. The number of hydrogen-bond acceptors (Lipinski definition) is 2. The van der Waals surface area contributed by atoms with Gasteiger partial charge in [-0.1, -0.05) is 36.8 Å². The number of aryl methyl sites for hydroxylation is 1. The van der Waals surface area contributed by atoms with E-state index in [-0.39, 0.29) is 18.1 Å². The van der Waals surface area contributed by atoms with Gasteiger partial charge in [0.1, 0.15) is 6.10 Å². The number of ether oxygens (including phenoxy) is 1. The van der Waals surface area contributed by atoms with Crippen LogP contribution in [-0.2, 0) is 9.53 Å². The van der Waals surface area contributed by atoms with Crippen LogP contribution in [0.1, 0.15) is 43.4 Å². The lowest BCUT2D eigenvalue weighted by molar-refractivity contribution is -0.130. The van der Waals surface area contributed by atoms with Gasteiger partial charge in [-0.25, -0.2) is 0 Å². The Balaban J connectivity index is 2.00. The van der Waals surface area contributed by atoms with E-state index in [0.29, 0.717) is 6.61 Å². The minimum absolute atomic E-state index is 0.0277. The molecule has 3 nitrogen and oxygen atoms in total. The summed E-state index contributed by atoms with van der Waals surface area (Å²) in [5.41, 5.74) is 2.40. The van der Waals surface area contributed by atoms with Crippen LogP contribution in [0.2, 0.25) is 0 Å². The van der Waals surface area contributed by atoms with Gasteiger partial charge in [0.25, 0.3) is 0 Å². The molecule has 1 N–H and O–H groups in total. The lowest BCUT2D eigenvalue weighted by atomic mass is 10.0. The van der Waals surface area contributed by atoms with Crippen LogP contribution in [0.4, 0.5) is 0 Å². The van der Waals surface area contributed by atoms with Gasteiger partial charge in [-0.15, -0.1) is 0 Å². The van der Waals surface area contributed by atoms with E-state index in [2.05, 4.69) is 43.4 Å². The van der Waals surface area contributed by atoms with Gasteiger partial charge in [-0.2, -0.15) is 0 Å². The van der Waals surface area contributed by atoms with Gasteiger partial charge < -0.3 is 10.1 Å². The summed E-state index contributed by atoms with van der Waals surface area (Å²) in [7, 11) is 0. The SMILES string of the molecule is CC[C@H](NC(=O)[C@@H]1CCCO1)c1ccc(C)cc1. The number of carbonyl (C=O) groups excluding carboxylic acids is 1. The fourth-order valence-electron chi connectivity index (χ4n) is 2.27. The van der Waals surface area contributed by atoms with Gasteiger partial charge in [0, 0.05) is 6.61 Å². The summed E-state index contributed by atoms with van der Waals surface area (Å²) in [6.45, 7) is 4.86. The molecule has 1 aromatic rings. The average molecular weight is 247 g/mol. The molecule has 0 saturated carbocycles. The van der Waals surface area contributed by atoms with Crippen LogP contribution in [0.3, 0.4) is 0 Å². The Morgan fingerprint density at radius 1 is 1.44 bits per heavy atom. The molecule has 98 valence electrons. The van der Waals surface area contributed by atoms with Crippen molar-refractivity contribution in [2.75, 3.05) is 6.61 Å². The Morgan fingerprint density at radius 2 is 2.17 bits per heavy atom. The molecular weight excluding hydrogens is 226 g/mol. The highest BCUT2D eigenvalue weighted by Gasteiger charge is 2.25. The van der Waals surface area contributed by atoms with Crippen molar-refractivity contribution in [1.82, 2.24) is 5.32 Å². The highest BCUT2D eigenvalue weighted by atomic mass is 16.5. The molecule has 2 rings (SSSR count).